The molecule has 3 rings (SSSR count). The van der Waals surface area contributed by atoms with E-state index in [1.54, 1.807) is 10.9 Å². The largest absolute Gasteiger partial charge is 0.384 e. The van der Waals surface area contributed by atoms with Crippen LogP contribution in [0, 0.1) is 0 Å². The smallest absolute Gasteiger partial charge is 0.102 e. The zero-order valence-corrected chi connectivity index (χ0v) is 14.3. The molecule has 6 heteroatoms. The van der Waals surface area contributed by atoms with E-state index in [1.807, 2.05) is 44.1 Å². The highest BCUT2D eigenvalue weighted by atomic mass is 35.5. The van der Waals surface area contributed by atoms with Crippen molar-refractivity contribution in [1.82, 2.24) is 15.1 Å². The monoisotopic (exact) mass is 337 g/mol. The molecule has 4 nitrogen and oxygen atoms in total. The highest BCUT2D eigenvalue weighted by Crippen LogP contribution is 2.37. The Morgan fingerprint density at radius 1 is 1.55 bits per heavy atom. The first kappa shape index (κ1) is 15.9. The molecule has 118 valence electrons. The highest BCUT2D eigenvalue weighted by Gasteiger charge is 2.28. The molecule has 1 aromatic heterocycles. The standard InChI is InChI=1S/C16H20ClN3OS/c1-16(21,11-8-19-20(2)9-11)10-18-14-5-6-22-15-4-3-12(17)7-13(14)15/h3-4,7-9,14,18,21H,5-6,10H2,1-2H3. The molecule has 0 bridgehead atoms. The highest BCUT2D eigenvalue weighted by molar-refractivity contribution is 7.99. The zero-order chi connectivity index (χ0) is 15.7. The molecule has 0 aliphatic carbocycles. The van der Waals surface area contributed by atoms with E-state index in [9.17, 15) is 5.11 Å². The van der Waals surface area contributed by atoms with Crippen LogP contribution < -0.4 is 5.32 Å². The molecule has 0 saturated carbocycles. The van der Waals surface area contributed by atoms with Crippen LogP contribution in [0.3, 0.4) is 0 Å². The lowest BCUT2D eigenvalue weighted by Gasteiger charge is -2.30. The first-order chi connectivity index (χ1) is 10.5. The Balaban J connectivity index is 1.74. The summed E-state index contributed by atoms with van der Waals surface area (Å²) in [7, 11) is 1.85. The zero-order valence-electron chi connectivity index (χ0n) is 12.7. The number of fused-ring (bicyclic) bond motifs is 1. The van der Waals surface area contributed by atoms with Gasteiger partial charge in [-0.2, -0.15) is 5.10 Å². The van der Waals surface area contributed by atoms with Gasteiger partial charge in [0.25, 0.3) is 0 Å². The van der Waals surface area contributed by atoms with Crippen molar-refractivity contribution in [1.29, 1.82) is 0 Å². The van der Waals surface area contributed by atoms with E-state index in [4.69, 9.17) is 11.6 Å². The number of nitrogens with one attached hydrogen (secondary N) is 1. The summed E-state index contributed by atoms with van der Waals surface area (Å²) in [6, 6.07) is 6.26. The van der Waals surface area contributed by atoms with Gasteiger partial charge in [-0.3, -0.25) is 4.68 Å². The normalized spacial score (nSPS) is 20.5. The van der Waals surface area contributed by atoms with Crippen molar-refractivity contribution >= 4 is 23.4 Å². The van der Waals surface area contributed by atoms with Crippen molar-refractivity contribution in [3.8, 4) is 0 Å². The lowest BCUT2D eigenvalue weighted by molar-refractivity contribution is 0.0534. The summed E-state index contributed by atoms with van der Waals surface area (Å²) in [5.41, 5.74) is 1.10. The quantitative estimate of drug-likeness (QED) is 0.900. The van der Waals surface area contributed by atoms with E-state index in [2.05, 4.69) is 16.5 Å². The molecule has 1 aromatic carbocycles. The van der Waals surface area contributed by atoms with Crippen molar-refractivity contribution in [2.45, 2.75) is 29.9 Å². The number of hydrogen-bond acceptors (Lipinski definition) is 4. The van der Waals surface area contributed by atoms with Crippen LogP contribution in [-0.4, -0.2) is 27.2 Å². The van der Waals surface area contributed by atoms with Gasteiger partial charge in [-0.05, 0) is 42.9 Å². The topological polar surface area (TPSA) is 50.1 Å². The maximum absolute atomic E-state index is 10.7. The Bertz CT molecular complexity index is 671. The number of thioether (sulfide) groups is 1. The second-order valence-corrected chi connectivity index (χ2v) is 7.50. The van der Waals surface area contributed by atoms with Crippen LogP contribution in [0.2, 0.25) is 5.02 Å². The van der Waals surface area contributed by atoms with E-state index >= 15 is 0 Å². The summed E-state index contributed by atoms with van der Waals surface area (Å²) in [6.07, 6.45) is 4.59. The van der Waals surface area contributed by atoms with Crippen molar-refractivity contribution in [2.75, 3.05) is 12.3 Å². The third kappa shape index (κ3) is 3.33. The summed E-state index contributed by atoms with van der Waals surface area (Å²) in [5, 5.41) is 19.1. The molecule has 0 spiro atoms. The minimum Gasteiger partial charge on any atom is -0.384 e. The molecule has 22 heavy (non-hydrogen) atoms. The minimum atomic E-state index is -0.947. The number of aliphatic hydroxyl groups is 1. The maximum atomic E-state index is 10.7. The Hall–Kier alpha value is -1.01. The van der Waals surface area contributed by atoms with E-state index in [0.717, 1.165) is 22.8 Å². The van der Waals surface area contributed by atoms with Gasteiger partial charge in [0.05, 0.1) is 6.20 Å². The van der Waals surface area contributed by atoms with E-state index in [1.165, 1.54) is 10.5 Å². The SMILES string of the molecule is Cn1cc(C(C)(O)CNC2CCSc3ccc(Cl)cc32)cn1. The van der Waals surface area contributed by atoms with Crippen molar-refractivity contribution in [3.05, 3.63) is 46.7 Å². The number of nitrogens with zero attached hydrogens (tertiary/aromatic N) is 2. The van der Waals surface area contributed by atoms with E-state index in [-0.39, 0.29) is 6.04 Å². The molecule has 2 aromatic rings. The third-order valence-corrected chi connectivity index (χ3v) is 5.39. The van der Waals surface area contributed by atoms with Crippen molar-refractivity contribution in [2.24, 2.45) is 7.05 Å². The minimum absolute atomic E-state index is 0.220. The summed E-state index contributed by atoms with van der Waals surface area (Å²) < 4.78 is 1.70. The number of benzene rings is 1. The van der Waals surface area contributed by atoms with Gasteiger partial charge in [-0.1, -0.05) is 11.6 Å². The van der Waals surface area contributed by atoms with Crippen LogP contribution in [0.5, 0.6) is 0 Å². The molecule has 2 atom stereocenters. The predicted octanol–water partition coefficient (Wildman–Crippen LogP) is 3.11. The van der Waals surface area contributed by atoms with E-state index < -0.39 is 5.60 Å². The van der Waals surface area contributed by atoms with Crippen molar-refractivity contribution < 1.29 is 5.11 Å². The molecule has 0 radical (unpaired) electrons. The van der Waals surface area contributed by atoms with Gasteiger partial charge >= 0.3 is 0 Å². The fourth-order valence-corrected chi connectivity index (χ4v) is 3.99. The molecular weight excluding hydrogens is 318 g/mol. The maximum Gasteiger partial charge on any atom is 0.102 e. The third-order valence-electron chi connectivity index (χ3n) is 4.03. The summed E-state index contributed by atoms with van der Waals surface area (Å²) in [4.78, 5) is 1.27. The molecule has 2 heterocycles. The predicted molar refractivity (Wildman–Crippen MR) is 90.3 cm³/mol. The Kier molecular flexibility index (Phi) is 4.50. The number of aromatic nitrogens is 2. The molecular formula is C16H20ClN3OS. The Morgan fingerprint density at radius 3 is 3.09 bits per heavy atom. The lowest BCUT2D eigenvalue weighted by Crippen LogP contribution is -2.38. The Labute approximate surface area is 139 Å². The van der Waals surface area contributed by atoms with Gasteiger partial charge in [-0.25, -0.2) is 0 Å². The molecule has 0 saturated heterocycles. The number of aryl methyl sites for hydroxylation is 1. The van der Waals surface area contributed by atoms with Crippen LogP contribution in [0.4, 0.5) is 0 Å². The van der Waals surface area contributed by atoms with Gasteiger partial charge in [0.1, 0.15) is 5.60 Å². The molecule has 2 unspecified atom stereocenters. The van der Waals surface area contributed by atoms with Crippen molar-refractivity contribution in [3.63, 3.8) is 0 Å². The lowest BCUT2D eigenvalue weighted by atomic mass is 9.97. The molecule has 0 fully saturated rings. The molecule has 2 N–H and O–H groups in total. The number of halogens is 1. The summed E-state index contributed by atoms with van der Waals surface area (Å²) in [6.45, 7) is 2.29. The van der Waals surface area contributed by atoms with Crippen LogP contribution in [0.25, 0.3) is 0 Å². The summed E-state index contributed by atoms with van der Waals surface area (Å²) in [5.74, 6) is 1.07. The number of rotatable bonds is 4. The second kappa shape index (κ2) is 6.24. The fraction of sp³-hybridized carbons (Fsp3) is 0.438. The molecule has 1 aliphatic rings. The summed E-state index contributed by atoms with van der Waals surface area (Å²) >= 11 is 7.99. The average molecular weight is 338 g/mol. The fourth-order valence-electron chi connectivity index (χ4n) is 2.70. The van der Waals surface area contributed by atoms with Crippen LogP contribution in [0.15, 0.2) is 35.5 Å². The van der Waals surface area contributed by atoms with Crippen LogP contribution in [-0.2, 0) is 12.6 Å². The van der Waals surface area contributed by atoms with Crippen LogP contribution in [0.1, 0.15) is 30.5 Å². The van der Waals surface area contributed by atoms with Gasteiger partial charge in [0, 0.05) is 41.3 Å². The molecule has 1 aliphatic heterocycles. The van der Waals surface area contributed by atoms with Crippen LogP contribution >= 0.6 is 23.4 Å². The van der Waals surface area contributed by atoms with Gasteiger partial charge in [0.15, 0.2) is 0 Å². The van der Waals surface area contributed by atoms with E-state index in [0.29, 0.717) is 6.54 Å². The molecule has 0 amide bonds. The number of hydrogen-bond donors (Lipinski definition) is 2. The van der Waals surface area contributed by atoms with Gasteiger partial charge in [-0.15, -0.1) is 11.8 Å². The first-order valence-electron chi connectivity index (χ1n) is 7.33. The average Bonchev–Trinajstić information content (AvgIpc) is 2.92. The second-order valence-electron chi connectivity index (χ2n) is 5.93. The van der Waals surface area contributed by atoms with Gasteiger partial charge < -0.3 is 10.4 Å². The first-order valence-corrected chi connectivity index (χ1v) is 8.69. The Morgan fingerprint density at radius 2 is 2.36 bits per heavy atom. The van der Waals surface area contributed by atoms with Gasteiger partial charge in [0.2, 0.25) is 0 Å².